The van der Waals surface area contributed by atoms with Crippen LogP contribution in [-0.2, 0) is 38.5 Å². The predicted molar refractivity (Wildman–Crippen MR) is 262 cm³/mol. The fraction of sp³-hybridized carbons (Fsp3) is 0.368. The number of ether oxygens (including phenoxy) is 12. The zero-order valence-corrected chi connectivity index (χ0v) is 40.4. The minimum absolute atomic E-state index is 0.402. The summed E-state index contributed by atoms with van der Waals surface area (Å²) < 4.78 is 75.6. The molecule has 12 heterocycles. The van der Waals surface area contributed by atoms with E-state index >= 15 is 0 Å². The first-order valence-electron chi connectivity index (χ1n) is 23.8. The summed E-state index contributed by atoms with van der Waals surface area (Å²) in [5.41, 5.74) is 13.4. The van der Waals surface area contributed by atoms with E-state index in [-0.39, 0.29) is 0 Å². The predicted octanol–water partition coefficient (Wildman–Crippen LogP) is 10.1. The SMILES string of the molecule is COc1cc2c3cc1OCCCOc1cc4c(cc1OC)Cc1cc5c(OC)cc1Cc1cc(OC)c(cc1C4)OCCCOc1cc(c(cc1OC)C2)Cc1cc(c(OC)cc1C3)OCCCO5. The molecule has 0 radical (unpaired) electrons. The first kappa shape index (κ1) is 45.7. The quantitative estimate of drug-likeness (QED) is 0.158. The smallest absolute Gasteiger partial charge is 0.161 e. The van der Waals surface area contributed by atoms with Crippen LogP contribution in [0.25, 0.3) is 0 Å². The highest BCUT2D eigenvalue weighted by atomic mass is 16.5. The Morgan fingerprint density at radius 3 is 0.522 bits per heavy atom. The van der Waals surface area contributed by atoms with Crippen LogP contribution < -0.4 is 56.8 Å². The third-order valence-electron chi connectivity index (χ3n) is 13.6. The van der Waals surface area contributed by atoms with Crippen LogP contribution in [0.1, 0.15) is 86.0 Å². The van der Waals surface area contributed by atoms with Crippen LogP contribution in [0.15, 0.2) is 72.8 Å². The third kappa shape index (κ3) is 9.54. The molecule has 0 unspecified atom stereocenters. The van der Waals surface area contributed by atoms with E-state index < -0.39 is 0 Å². The van der Waals surface area contributed by atoms with E-state index in [0.29, 0.717) is 166 Å². The molecule has 12 heteroatoms. The lowest BCUT2D eigenvalue weighted by Gasteiger charge is -2.19. The molecule has 0 aromatic heterocycles. The fourth-order valence-corrected chi connectivity index (χ4v) is 9.97. The fourth-order valence-electron chi connectivity index (χ4n) is 9.97. The summed E-state index contributed by atoms with van der Waals surface area (Å²) in [5.74, 6) is 8.00. The molecule has 0 saturated carbocycles. The molecule has 0 atom stereocenters. The van der Waals surface area contributed by atoms with Crippen molar-refractivity contribution in [1.82, 2.24) is 0 Å². The van der Waals surface area contributed by atoms with E-state index in [9.17, 15) is 0 Å². The molecule has 0 saturated heterocycles. The standard InChI is InChI=1S/C57H60O12/c1-58-46-22-34-16-36-24-48(60-3)54-30-42(36)20-44-32-57-50(62-5)26-38(44)18-40(34)28-52(46)64-10-7-14-68-56-33-45-21-43-31-55(67-13-9-12-66-54)49(61-4)25-37(43)17-35-23-47(59-2)53(65-11-8-15-69-57)29-41(35)19-39(45)27-51(56)63-6/h22-33H,7-21H2,1-6H3. The maximum absolute atomic E-state index is 6.57. The zero-order chi connectivity index (χ0) is 47.4. The molecule has 6 aromatic carbocycles. The molecule has 0 amide bonds. The van der Waals surface area contributed by atoms with Crippen molar-refractivity contribution in [2.24, 2.45) is 0 Å². The second-order valence-corrected chi connectivity index (χ2v) is 17.8. The van der Waals surface area contributed by atoms with Gasteiger partial charge in [0.25, 0.3) is 0 Å². The Bertz CT molecular complexity index is 2680. The minimum Gasteiger partial charge on any atom is -0.493 e. The first-order valence-corrected chi connectivity index (χ1v) is 23.8. The molecular weight excluding hydrogens is 877 g/mol. The van der Waals surface area contributed by atoms with Gasteiger partial charge in [-0.15, -0.1) is 0 Å². The Morgan fingerprint density at radius 2 is 0.377 bits per heavy atom. The van der Waals surface area contributed by atoms with Gasteiger partial charge in [0.2, 0.25) is 0 Å². The van der Waals surface area contributed by atoms with Gasteiger partial charge in [-0.3, -0.25) is 0 Å². The average molecular weight is 937 g/mol. The third-order valence-corrected chi connectivity index (χ3v) is 13.6. The van der Waals surface area contributed by atoms with Crippen LogP contribution in [0.2, 0.25) is 0 Å². The highest BCUT2D eigenvalue weighted by Gasteiger charge is 2.26. The van der Waals surface area contributed by atoms with Crippen LogP contribution >= 0.6 is 0 Å². The van der Waals surface area contributed by atoms with Gasteiger partial charge in [-0.1, -0.05) is 0 Å². The molecule has 69 heavy (non-hydrogen) atoms. The Hall–Kier alpha value is -7.08. The van der Waals surface area contributed by atoms with Gasteiger partial charge in [-0.25, -0.2) is 0 Å². The van der Waals surface area contributed by atoms with E-state index in [1.165, 1.54) is 0 Å². The summed E-state index contributed by atoms with van der Waals surface area (Å²) in [7, 11) is 10.1. The van der Waals surface area contributed by atoms with Gasteiger partial charge in [-0.05, 0) is 178 Å². The van der Waals surface area contributed by atoms with Gasteiger partial charge in [0.05, 0.1) is 82.3 Å². The van der Waals surface area contributed by atoms with E-state index in [4.69, 9.17) is 56.8 Å². The van der Waals surface area contributed by atoms with Gasteiger partial charge >= 0.3 is 0 Å². The van der Waals surface area contributed by atoms with Gasteiger partial charge in [0.15, 0.2) is 69.0 Å². The van der Waals surface area contributed by atoms with Crippen molar-refractivity contribution >= 4 is 0 Å². The lowest BCUT2D eigenvalue weighted by molar-refractivity contribution is 0.234. The monoisotopic (exact) mass is 936 g/mol. The summed E-state index contributed by atoms with van der Waals surface area (Å²) in [5, 5.41) is 0. The van der Waals surface area contributed by atoms with E-state index in [1.807, 2.05) is 0 Å². The van der Waals surface area contributed by atoms with Crippen molar-refractivity contribution in [3.05, 3.63) is 140 Å². The maximum atomic E-state index is 6.57. The van der Waals surface area contributed by atoms with Crippen LogP contribution in [-0.4, -0.2) is 82.3 Å². The maximum Gasteiger partial charge on any atom is 0.161 e. The molecule has 18 bridgehead atoms. The van der Waals surface area contributed by atoms with Crippen molar-refractivity contribution < 1.29 is 56.8 Å². The van der Waals surface area contributed by atoms with Gasteiger partial charge < -0.3 is 56.8 Å². The molecule has 0 spiro atoms. The van der Waals surface area contributed by atoms with Gasteiger partial charge in [-0.2, -0.15) is 0 Å². The Kier molecular flexibility index (Phi) is 13.4. The van der Waals surface area contributed by atoms with Crippen molar-refractivity contribution in [3.8, 4) is 69.0 Å². The van der Waals surface area contributed by atoms with Crippen molar-refractivity contribution in [2.45, 2.75) is 57.8 Å². The lowest BCUT2D eigenvalue weighted by Crippen LogP contribution is -2.09. The topological polar surface area (TPSA) is 111 Å². The number of hydrogen-bond acceptors (Lipinski definition) is 12. The Morgan fingerprint density at radius 1 is 0.232 bits per heavy atom. The summed E-state index contributed by atoms with van der Waals surface area (Å²) in [6, 6.07) is 25.4. The van der Waals surface area contributed by atoms with Gasteiger partial charge in [0.1, 0.15) is 0 Å². The molecule has 12 aliphatic heterocycles. The summed E-state index contributed by atoms with van der Waals surface area (Å²) in [6.45, 7) is 2.41. The summed E-state index contributed by atoms with van der Waals surface area (Å²) >= 11 is 0. The van der Waals surface area contributed by atoms with Crippen LogP contribution in [0.4, 0.5) is 0 Å². The van der Waals surface area contributed by atoms with Crippen molar-refractivity contribution in [1.29, 1.82) is 0 Å². The molecule has 0 N–H and O–H groups in total. The minimum atomic E-state index is 0.402. The lowest BCUT2D eigenvalue weighted by atomic mass is 9.94. The van der Waals surface area contributed by atoms with Crippen molar-refractivity contribution in [2.75, 3.05) is 82.3 Å². The number of benzene rings is 6. The molecule has 0 fully saturated rings. The Balaban J connectivity index is 1.15. The molecular formula is C57H60O12. The number of hydrogen-bond donors (Lipinski definition) is 0. The van der Waals surface area contributed by atoms with Crippen molar-refractivity contribution in [3.63, 3.8) is 0 Å². The summed E-state index contributed by atoms with van der Waals surface area (Å²) in [6.07, 6.45) is 5.61. The number of rotatable bonds is 6. The van der Waals surface area contributed by atoms with E-state index in [1.54, 1.807) is 42.7 Å². The average Bonchev–Trinajstić information content (AvgIpc) is 3.45. The van der Waals surface area contributed by atoms with E-state index in [2.05, 4.69) is 72.8 Å². The highest BCUT2D eigenvalue weighted by Crippen LogP contribution is 2.44. The van der Waals surface area contributed by atoms with Gasteiger partial charge in [0, 0.05) is 19.3 Å². The second kappa shape index (κ2) is 20.3. The van der Waals surface area contributed by atoms with E-state index in [0.717, 1.165) is 66.8 Å². The Labute approximate surface area is 404 Å². The largest absolute Gasteiger partial charge is 0.493 e. The molecule has 360 valence electrons. The zero-order valence-electron chi connectivity index (χ0n) is 40.4. The normalized spacial score (nSPS) is 15.2. The van der Waals surface area contributed by atoms with Crippen LogP contribution in [0, 0.1) is 0 Å². The second-order valence-electron chi connectivity index (χ2n) is 17.8. The highest BCUT2D eigenvalue weighted by molar-refractivity contribution is 5.60. The molecule has 14 aliphatic rings. The molecule has 2 aliphatic carbocycles. The first-order chi connectivity index (χ1) is 33.8. The molecule has 12 nitrogen and oxygen atoms in total. The molecule has 6 aromatic rings. The number of methoxy groups -OCH3 is 6. The van der Waals surface area contributed by atoms with Crippen LogP contribution in [0.3, 0.4) is 0 Å². The van der Waals surface area contributed by atoms with Crippen LogP contribution in [0.5, 0.6) is 69.0 Å². The summed E-state index contributed by atoms with van der Waals surface area (Å²) in [4.78, 5) is 0. The molecule has 20 rings (SSSR count).